The van der Waals surface area contributed by atoms with Crippen LogP contribution >= 0.6 is 0 Å². The molecule has 0 bridgehead atoms. The molecule has 1 saturated heterocycles. The molecule has 0 aromatic carbocycles. The highest BCUT2D eigenvalue weighted by molar-refractivity contribution is 6.38. The number of aromatic nitrogens is 2. The van der Waals surface area contributed by atoms with E-state index in [4.69, 9.17) is 0 Å². The number of amides is 2. The van der Waals surface area contributed by atoms with Gasteiger partial charge in [0, 0.05) is 50.0 Å². The first-order valence-corrected chi connectivity index (χ1v) is 18.5. The number of hydrogen-bond acceptors (Lipinski definition) is 7. The molecular formula is C38H58N4O6. The maximum absolute atomic E-state index is 14.6. The van der Waals surface area contributed by atoms with Gasteiger partial charge in [0.05, 0.1) is 6.04 Å². The Morgan fingerprint density at radius 1 is 0.979 bits per heavy atom. The van der Waals surface area contributed by atoms with E-state index in [0.29, 0.717) is 31.7 Å². The van der Waals surface area contributed by atoms with Gasteiger partial charge in [-0.05, 0) is 67.6 Å². The van der Waals surface area contributed by atoms with Crippen molar-refractivity contribution in [2.75, 3.05) is 6.54 Å². The molecular weight excluding hydrogens is 608 g/mol. The highest BCUT2D eigenvalue weighted by Gasteiger charge is 2.48. The number of likely N-dealkylation sites (tertiary alicyclic amines) is 1. The van der Waals surface area contributed by atoms with Crippen LogP contribution in [0.3, 0.4) is 0 Å². The number of imidazole rings is 1. The van der Waals surface area contributed by atoms with Crippen molar-refractivity contribution in [3.63, 3.8) is 0 Å². The number of nitrogens with one attached hydrogen (secondary N) is 2. The maximum atomic E-state index is 14.6. The summed E-state index contributed by atoms with van der Waals surface area (Å²) in [5.74, 6) is -2.63. The van der Waals surface area contributed by atoms with Crippen molar-refractivity contribution in [3.8, 4) is 0 Å². The van der Waals surface area contributed by atoms with E-state index < -0.39 is 35.1 Å². The van der Waals surface area contributed by atoms with Crippen LogP contribution in [0.2, 0.25) is 0 Å². The number of nitrogens with zero attached hydrogens (tertiary/aromatic N) is 2. The standard InChI is InChI=1S/C38H58N4O6/c1-7-11-26(33(46)30(44)20-24-14-15-24)21-29(43)32-27(23(2)3)16-19-42(32)37(48)34(38(4,5)6)41-36(47)28(25-12-9-8-10-13-25)22-31(45)35-39-17-18-40-35/h17-18,23-28,32,34H,7-16,19-22H2,1-6H3,(H,39,40)(H,41,47)/t26-,27-,28+,32+,34-/m1/s1. The molecule has 0 unspecified atom stereocenters. The Hall–Kier alpha value is -3.17. The number of H-pyrrole nitrogens is 1. The molecule has 5 atom stereocenters. The van der Waals surface area contributed by atoms with Crippen LogP contribution in [-0.4, -0.2) is 68.4 Å². The van der Waals surface area contributed by atoms with Crippen molar-refractivity contribution < 1.29 is 28.8 Å². The molecule has 2 saturated carbocycles. The lowest BCUT2D eigenvalue weighted by molar-refractivity contribution is -0.146. The zero-order chi connectivity index (χ0) is 35.2. The summed E-state index contributed by atoms with van der Waals surface area (Å²) in [6.07, 6.45) is 11.8. The quantitative estimate of drug-likeness (QED) is 0.156. The molecule has 2 aliphatic carbocycles. The molecule has 266 valence electrons. The van der Waals surface area contributed by atoms with Gasteiger partial charge in [-0.2, -0.15) is 0 Å². The van der Waals surface area contributed by atoms with Crippen molar-refractivity contribution in [2.45, 2.75) is 137 Å². The molecule has 10 nitrogen and oxygen atoms in total. The van der Waals surface area contributed by atoms with Gasteiger partial charge in [-0.25, -0.2) is 4.98 Å². The zero-order valence-electron chi connectivity index (χ0n) is 30.0. The summed E-state index contributed by atoms with van der Waals surface area (Å²) in [4.78, 5) is 90.6. The highest BCUT2D eigenvalue weighted by atomic mass is 16.2. The Balaban J connectivity index is 1.56. The fourth-order valence-corrected chi connectivity index (χ4v) is 7.91. The first-order chi connectivity index (χ1) is 22.7. The van der Waals surface area contributed by atoms with Crippen LogP contribution in [0.25, 0.3) is 0 Å². The molecule has 0 spiro atoms. The van der Waals surface area contributed by atoms with Crippen molar-refractivity contribution in [1.29, 1.82) is 0 Å². The van der Waals surface area contributed by atoms with E-state index in [-0.39, 0.29) is 72.0 Å². The zero-order valence-corrected chi connectivity index (χ0v) is 30.0. The van der Waals surface area contributed by atoms with Gasteiger partial charge in [-0.1, -0.05) is 67.2 Å². The minimum atomic E-state index is -0.927. The minimum absolute atomic E-state index is 0.00161. The van der Waals surface area contributed by atoms with E-state index in [2.05, 4.69) is 15.3 Å². The number of ketones is 4. The molecule has 2 heterocycles. The van der Waals surface area contributed by atoms with Crippen LogP contribution in [0, 0.1) is 40.9 Å². The molecule has 3 aliphatic rings. The molecule has 48 heavy (non-hydrogen) atoms. The van der Waals surface area contributed by atoms with E-state index >= 15 is 0 Å². The lowest BCUT2D eigenvalue weighted by atomic mass is 9.76. The van der Waals surface area contributed by atoms with Crippen LogP contribution in [0.1, 0.15) is 136 Å². The predicted molar refractivity (Wildman–Crippen MR) is 183 cm³/mol. The number of aromatic amines is 1. The monoisotopic (exact) mass is 666 g/mol. The van der Waals surface area contributed by atoms with Crippen LogP contribution in [0.4, 0.5) is 0 Å². The maximum Gasteiger partial charge on any atom is 0.246 e. The van der Waals surface area contributed by atoms with Crippen LogP contribution in [-0.2, 0) is 24.0 Å². The molecule has 2 N–H and O–H groups in total. The number of hydrogen-bond donors (Lipinski definition) is 2. The minimum Gasteiger partial charge on any atom is -0.344 e. The molecule has 4 rings (SSSR count). The Labute approximate surface area is 286 Å². The second kappa shape index (κ2) is 16.5. The fraction of sp³-hybridized carbons (Fsp3) is 0.763. The van der Waals surface area contributed by atoms with Gasteiger partial charge in [0.15, 0.2) is 23.2 Å². The molecule has 0 radical (unpaired) electrons. The average molecular weight is 667 g/mol. The number of Topliss-reactive ketones (excluding diaryl/α,β-unsaturated/α-hetero) is 4. The van der Waals surface area contributed by atoms with E-state index in [1.807, 2.05) is 41.5 Å². The van der Waals surface area contributed by atoms with Gasteiger partial charge < -0.3 is 15.2 Å². The van der Waals surface area contributed by atoms with E-state index in [9.17, 15) is 28.8 Å². The summed E-state index contributed by atoms with van der Waals surface area (Å²) in [7, 11) is 0. The lowest BCUT2D eigenvalue weighted by Crippen LogP contribution is -2.58. The third-order valence-corrected chi connectivity index (χ3v) is 10.9. The van der Waals surface area contributed by atoms with E-state index in [1.165, 1.54) is 6.20 Å². The summed E-state index contributed by atoms with van der Waals surface area (Å²) in [5, 5.41) is 3.08. The van der Waals surface area contributed by atoms with Gasteiger partial charge >= 0.3 is 0 Å². The van der Waals surface area contributed by atoms with Crippen LogP contribution in [0.5, 0.6) is 0 Å². The molecule has 1 aromatic heterocycles. The Morgan fingerprint density at radius 2 is 1.67 bits per heavy atom. The lowest BCUT2D eigenvalue weighted by Gasteiger charge is -2.38. The van der Waals surface area contributed by atoms with E-state index in [1.54, 1.807) is 11.1 Å². The first-order valence-electron chi connectivity index (χ1n) is 18.5. The number of carbonyl (C=O) groups is 6. The Kier molecular flexibility index (Phi) is 12.9. The van der Waals surface area contributed by atoms with E-state index in [0.717, 1.165) is 44.9 Å². The summed E-state index contributed by atoms with van der Waals surface area (Å²) in [6, 6.07) is -1.66. The van der Waals surface area contributed by atoms with Gasteiger partial charge in [-0.3, -0.25) is 28.8 Å². The molecule has 10 heteroatoms. The van der Waals surface area contributed by atoms with Crippen molar-refractivity contribution in [1.82, 2.24) is 20.2 Å². The number of carbonyl (C=O) groups excluding carboxylic acids is 6. The summed E-state index contributed by atoms with van der Waals surface area (Å²) < 4.78 is 0. The van der Waals surface area contributed by atoms with Gasteiger partial charge in [0.1, 0.15) is 6.04 Å². The van der Waals surface area contributed by atoms with Crippen molar-refractivity contribution in [3.05, 3.63) is 18.2 Å². The first kappa shape index (κ1) is 37.6. The highest BCUT2D eigenvalue weighted by Crippen LogP contribution is 2.37. The summed E-state index contributed by atoms with van der Waals surface area (Å²) >= 11 is 0. The smallest absolute Gasteiger partial charge is 0.246 e. The third kappa shape index (κ3) is 9.50. The van der Waals surface area contributed by atoms with Crippen LogP contribution < -0.4 is 5.32 Å². The van der Waals surface area contributed by atoms with Gasteiger partial charge in [0.25, 0.3) is 0 Å². The Bertz CT molecular complexity index is 1300. The summed E-state index contributed by atoms with van der Waals surface area (Å²) in [6.45, 7) is 12.1. The SMILES string of the molecule is CCC[C@H](CC(=O)[C@@H]1[C@@H](C(C)C)CCN1C(=O)[C@@H](NC(=O)[C@@H](CC(=O)c1ncc[nH]1)C1CCCCC1)C(C)(C)C)C(=O)C(=O)CC1CC1. The molecule has 1 aromatic rings. The van der Waals surface area contributed by atoms with Gasteiger partial charge in [-0.15, -0.1) is 0 Å². The summed E-state index contributed by atoms with van der Waals surface area (Å²) in [5.41, 5.74) is -0.686. The second-order valence-corrected chi connectivity index (χ2v) is 16.1. The molecule has 2 amide bonds. The average Bonchev–Trinajstić information content (AvgIpc) is 3.48. The fourth-order valence-electron chi connectivity index (χ4n) is 7.91. The largest absolute Gasteiger partial charge is 0.344 e. The molecule has 3 fully saturated rings. The van der Waals surface area contributed by atoms with Crippen molar-refractivity contribution >= 4 is 34.9 Å². The predicted octanol–water partition coefficient (Wildman–Crippen LogP) is 5.90. The van der Waals surface area contributed by atoms with Crippen LogP contribution in [0.15, 0.2) is 12.4 Å². The number of rotatable bonds is 17. The third-order valence-electron chi connectivity index (χ3n) is 10.9. The van der Waals surface area contributed by atoms with Gasteiger partial charge in [0.2, 0.25) is 17.6 Å². The van der Waals surface area contributed by atoms with Crippen molar-refractivity contribution in [2.24, 2.45) is 40.9 Å². The second-order valence-electron chi connectivity index (χ2n) is 16.1. The topological polar surface area (TPSA) is 146 Å². The normalized spacial score (nSPS) is 22.3. The molecule has 1 aliphatic heterocycles. The Morgan fingerprint density at radius 3 is 2.23 bits per heavy atom.